The van der Waals surface area contributed by atoms with Crippen molar-refractivity contribution < 1.29 is 9.59 Å². The first kappa shape index (κ1) is 14.6. The highest BCUT2D eigenvalue weighted by Gasteiger charge is 2.48. The molecule has 3 heteroatoms. The van der Waals surface area contributed by atoms with Gasteiger partial charge in [0.1, 0.15) is 0 Å². The molecular weight excluding hydrogens is 286 g/mol. The molecule has 118 valence electrons. The van der Waals surface area contributed by atoms with E-state index in [1.165, 1.54) is 17.7 Å². The van der Waals surface area contributed by atoms with E-state index in [0.29, 0.717) is 0 Å². The van der Waals surface area contributed by atoms with Crippen molar-refractivity contribution in [3.8, 4) is 0 Å². The zero-order valence-corrected chi connectivity index (χ0v) is 13.3. The van der Waals surface area contributed by atoms with E-state index in [1.807, 2.05) is 18.2 Å². The molecule has 3 nitrogen and oxygen atoms in total. The number of allylic oxidation sites excluding steroid dienone is 3. The van der Waals surface area contributed by atoms with Gasteiger partial charge in [0.25, 0.3) is 0 Å². The van der Waals surface area contributed by atoms with Crippen molar-refractivity contribution in [2.45, 2.75) is 12.3 Å². The molecule has 3 aliphatic rings. The quantitative estimate of drug-likeness (QED) is 0.749. The van der Waals surface area contributed by atoms with E-state index in [4.69, 9.17) is 0 Å². The van der Waals surface area contributed by atoms with E-state index in [-0.39, 0.29) is 35.2 Å². The lowest BCUT2D eigenvalue weighted by molar-refractivity contribution is -0.132. The van der Waals surface area contributed by atoms with Gasteiger partial charge in [0.2, 0.25) is 0 Å². The SMILES string of the molecule is CN1CCC2C(=CC(c3ccccc3)C3C(=O)C=CC(=O)C23)C1. The second-order valence-corrected chi connectivity index (χ2v) is 7.00. The Morgan fingerprint density at radius 2 is 1.70 bits per heavy atom. The number of nitrogens with zero attached hydrogens (tertiary/aromatic N) is 1. The van der Waals surface area contributed by atoms with Crippen molar-refractivity contribution in [3.63, 3.8) is 0 Å². The molecule has 2 aliphatic carbocycles. The average Bonchev–Trinajstić information content (AvgIpc) is 2.57. The van der Waals surface area contributed by atoms with E-state index in [2.05, 4.69) is 30.2 Å². The molecule has 4 rings (SSSR count). The molecule has 23 heavy (non-hydrogen) atoms. The minimum Gasteiger partial charge on any atom is -0.302 e. The molecule has 1 aromatic carbocycles. The van der Waals surface area contributed by atoms with Gasteiger partial charge in [0.05, 0.1) is 0 Å². The van der Waals surface area contributed by atoms with Crippen LogP contribution in [0.25, 0.3) is 0 Å². The maximum Gasteiger partial charge on any atom is 0.160 e. The summed E-state index contributed by atoms with van der Waals surface area (Å²) in [6, 6.07) is 10.1. The number of piperidine rings is 1. The molecule has 1 heterocycles. The first-order valence-electron chi connectivity index (χ1n) is 8.35. The lowest BCUT2D eigenvalue weighted by atomic mass is 9.59. The molecule has 4 atom stereocenters. The second-order valence-electron chi connectivity index (χ2n) is 7.00. The van der Waals surface area contributed by atoms with Crippen LogP contribution in [0.15, 0.2) is 54.1 Å². The van der Waals surface area contributed by atoms with Crippen molar-refractivity contribution in [2.75, 3.05) is 20.1 Å². The molecule has 0 spiro atoms. The van der Waals surface area contributed by atoms with Gasteiger partial charge in [-0.05, 0) is 43.6 Å². The number of hydrogen-bond donors (Lipinski definition) is 0. The van der Waals surface area contributed by atoms with Gasteiger partial charge in [-0.1, -0.05) is 42.0 Å². The summed E-state index contributed by atoms with van der Waals surface area (Å²) in [6.45, 7) is 1.90. The van der Waals surface area contributed by atoms with Crippen LogP contribution in [0, 0.1) is 17.8 Å². The van der Waals surface area contributed by atoms with E-state index in [0.717, 1.165) is 25.1 Å². The Kier molecular flexibility index (Phi) is 3.53. The highest BCUT2D eigenvalue weighted by atomic mass is 16.1. The maximum absolute atomic E-state index is 12.6. The summed E-state index contributed by atoms with van der Waals surface area (Å²) < 4.78 is 0. The van der Waals surface area contributed by atoms with Gasteiger partial charge in [0, 0.05) is 24.3 Å². The first-order chi connectivity index (χ1) is 11.1. The largest absolute Gasteiger partial charge is 0.302 e. The van der Waals surface area contributed by atoms with Crippen LogP contribution in [0.3, 0.4) is 0 Å². The molecule has 1 saturated heterocycles. The highest BCUT2D eigenvalue weighted by Crippen LogP contribution is 2.48. The Hall–Kier alpha value is -2.00. The number of hydrogen-bond acceptors (Lipinski definition) is 3. The fraction of sp³-hybridized carbons (Fsp3) is 0.400. The first-order valence-corrected chi connectivity index (χ1v) is 8.35. The Balaban J connectivity index is 1.83. The predicted octanol–water partition coefficient (Wildman–Crippen LogP) is 2.60. The number of fused-ring (bicyclic) bond motifs is 3. The maximum atomic E-state index is 12.6. The van der Waals surface area contributed by atoms with Crippen LogP contribution in [0.2, 0.25) is 0 Å². The zero-order chi connectivity index (χ0) is 16.0. The zero-order valence-electron chi connectivity index (χ0n) is 13.3. The molecule has 1 aliphatic heterocycles. The van der Waals surface area contributed by atoms with Crippen LogP contribution < -0.4 is 0 Å². The molecule has 0 radical (unpaired) electrons. The lowest BCUT2D eigenvalue weighted by Gasteiger charge is -2.45. The third-order valence-corrected chi connectivity index (χ3v) is 5.60. The molecule has 1 fully saturated rings. The third-order valence-electron chi connectivity index (χ3n) is 5.60. The second kappa shape index (κ2) is 5.57. The molecule has 1 aromatic rings. The monoisotopic (exact) mass is 307 g/mol. The molecule has 0 saturated carbocycles. The number of ketones is 2. The summed E-state index contributed by atoms with van der Waals surface area (Å²) in [5.74, 6) is 0.0877. The van der Waals surface area contributed by atoms with Gasteiger partial charge >= 0.3 is 0 Å². The van der Waals surface area contributed by atoms with E-state index < -0.39 is 0 Å². The normalized spacial score (nSPS) is 33.9. The van der Waals surface area contributed by atoms with Gasteiger partial charge in [-0.15, -0.1) is 0 Å². The molecule has 4 unspecified atom stereocenters. The van der Waals surface area contributed by atoms with Crippen LogP contribution in [-0.4, -0.2) is 36.6 Å². The molecule has 0 amide bonds. The van der Waals surface area contributed by atoms with Crippen molar-refractivity contribution in [1.29, 1.82) is 0 Å². The summed E-state index contributed by atoms with van der Waals surface area (Å²) in [6.07, 6.45) is 6.25. The van der Waals surface area contributed by atoms with Crippen molar-refractivity contribution in [1.82, 2.24) is 4.90 Å². The third kappa shape index (κ3) is 2.40. The summed E-state index contributed by atoms with van der Waals surface area (Å²) in [5, 5.41) is 0. The number of likely N-dealkylation sites (N-methyl/N-ethyl adjacent to an activating group) is 1. The molecule has 0 bridgehead atoms. The topological polar surface area (TPSA) is 37.4 Å². The van der Waals surface area contributed by atoms with Crippen LogP contribution >= 0.6 is 0 Å². The number of rotatable bonds is 1. The minimum absolute atomic E-state index is 0.0142. The summed E-state index contributed by atoms with van der Waals surface area (Å²) in [7, 11) is 2.12. The fourth-order valence-corrected chi connectivity index (χ4v) is 4.54. The van der Waals surface area contributed by atoms with Gasteiger partial charge < -0.3 is 4.90 Å². The molecule has 0 aromatic heterocycles. The van der Waals surface area contributed by atoms with Gasteiger partial charge in [-0.25, -0.2) is 0 Å². The van der Waals surface area contributed by atoms with E-state index in [9.17, 15) is 9.59 Å². The standard InChI is InChI=1S/C20H21NO2/c1-21-10-9-15-14(12-21)11-16(13-5-3-2-4-6-13)20-18(23)8-7-17(22)19(15)20/h2-8,11,15-16,19-20H,9-10,12H2,1H3. The Labute approximate surface area is 136 Å². The smallest absolute Gasteiger partial charge is 0.160 e. The number of likely N-dealkylation sites (tertiary alicyclic amines) is 1. The van der Waals surface area contributed by atoms with Gasteiger partial charge in [-0.3, -0.25) is 9.59 Å². The van der Waals surface area contributed by atoms with E-state index >= 15 is 0 Å². The van der Waals surface area contributed by atoms with E-state index in [1.54, 1.807) is 0 Å². The number of benzene rings is 1. The Morgan fingerprint density at radius 3 is 2.43 bits per heavy atom. The molecular formula is C20H21NO2. The fourth-order valence-electron chi connectivity index (χ4n) is 4.54. The van der Waals surface area contributed by atoms with Crippen molar-refractivity contribution >= 4 is 11.6 Å². The Morgan fingerprint density at radius 1 is 1.00 bits per heavy atom. The lowest BCUT2D eigenvalue weighted by Crippen LogP contribution is -2.48. The predicted molar refractivity (Wildman–Crippen MR) is 89.0 cm³/mol. The van der Waals surface area contributed by atoms with Crippen LogP contribution in [0.4, 0.5) is 0 Å². The summed E-state index contributed by atoms with van der Waals surface area (Å²) >= 11 is 0. The average molecular weight is 307 g/mol. The van der Waals surface area contributed by atoms with Crippen LogP contribution in [-0.2, 0) is 9.59 Å². The Bertz CT molecular complexity index is 704. The van der Waals surface area contributed by atoms with Crippen LogP contribution in [0.5, 0.6) is 0 Å². The number of carbonyl (C=O) groups is 2. The van der Waals surface area contributed by atoms with Gasteiger partial charge in [-0.2, -0.15) is 0 Å². The number of carbonyl (C=O) groups excluding carboxylic acids is 2. The summed E-state index contributed by atoms with van der Waals surface area (Å²) in [5.41, 5.74) is 2.48. The summed E-state index contributed by atoms with van der Waals surface area (Å²) in [4.78, 5) is 27.5. The van der Waals surface area contributed by atoms with Gasteiger partial charge in [0.15, 0.2) is 11.6 Å². The van der Waals surface area contributed by atoms with Crippen molar-refractivity contribution in [3.05, 3.63) is 59.7 Å². The highest BCUT2D eigenvalue weighted by molar-refractivity contribution is 6.08. The molecule has 0 N–H and O–H groups in total. The van der Waals surface area contributed by atoms with Crippen molar-refractivity contribution in [2.24, 2.45) is 17.8 Å². The van der Waals surface area contributed by atoms with Crippen LogP contribution in [0.1, 0.15) is 17.9 Å². The minimum atomic E-state index is -0.230.